The van der Waals surface area contributed by atoms with Crippen LogP contribution in [0.4, 0.5) is 0 Å². The number of allylic oxidation sites excluding steroid dienone is 4. The van der Waals surface area contributed by atoms with E-state index >= 15 is 0 Å². The van der Waals surface area contributed by atoms with Crippen molar-refractivity contribution in [1.29, 1.82) is 0 Å². The molecule has 0 saturated heterocycles. The standard InChI is InChI=1S/C10H15.3C4H9O.Ti/c1-7-6-10(4,5)9(3)8(7)2;3*1-3-4(2)5;/h1-5H3;3*4H,3H2,1-2H3;/q;3*-1;+3. The van der Waals surface area contributed by atoms with E-state index in [2.05, 4.69) is 55.1 Å². The second kappa shape index (κ2) is 16.1. The van der Waals surface area contributed by atoms with E-state index in [9.17, 15) is 15.3 Å². The molecular weight excluding hydrogens is 360 g/mol. The minimum Gasteiger partial charge on any atom is -0.852 e. The number of rotatable bonds is 3. The van der Waals surface area contributed by atoms with Crippen molar-refractivity contribution < 1.29 is 35.8 Å². The Balaban J connectivity index is -0.000000300. The molecule has 0 saturated carbocycles. The molecule has 3 unspecified atom stereocenters. The molecule has 3 nitrogen and oxygen atoms in total. The summed E-state index contributed by atoms with van der Waals surface area (Å²) in [6.07, 6.45) is 1.15. The third kappa shape index (κ3) is 14.2. The maximum atomic E-state index is 9.90. The van der Waals surface area contributed by atoms with Crippen molar-refractivity contribution in [2.45, 2.75) is 114 Å². The fourth-order valence-corrected chi connectivity index (χ4v) is 2.18. The van der Waals surface area contributed by atoms with Gasteiger partial charge in [0, 0.05) is 0 Å². The minimum absolute atomic E-state index is 0.314. The van der Waals surface area contributed by atoms with Gasteiger partial charge in [-0.05, 0) is 0 Å². The summed E-state index contributed by atoms with van der Waals surface area (Å²) < 4.78 is 1.53. The van der Waals surface area contributed by atoms with Gasteiger partial charge < -0.3 is 15.3 Å². The zero-order chi connectivity index (χ0) is 21.7. The first-order valence-corrected chi connectivity index (χ1v) is 10.6. The predicted octanol–water partition coefficient (Wildman–Crippen LogP) is 3.62. The maximum absolute atomic E-state index is 9.90. The molecule has 1 rings (SSSR count). The van der Waals surface area contributed by atoms with Crippen LogP contribution in [0.3, 0.4) is 0 Å². The Hall–Kier alpha value is 0.0743. The summed E-state index contributed by atoms with van der Waals surface area (Å²) in [5, 5.41) is 29.7. The molecule has 0 aromatic heterocycles. The molecular formula is C22H42O3Ti. The van der Waals surface area contributed by atoms with Crippen LogP contribution < -0.4 is 15.3 Å². The molecule has 0 spiro atoms. The van der Waals surface area contributed by atoms with Crippen LogP contribution in [0.15, 0.2) is 20.6 Å². The zero-order valence-corrected chi connectivity index (χ0v) is 20.6. The summed E-state index contributed by atoms with van der Waals surface area (Å²) in [4.78, 5) is 0. The molecule has 0 aromatic rings. The van der Waals surface area contributed by atoms with Gasteiger partial charge in [-0.25, -0.2) is 0 Å². The van der Waals surface area contributed by atoms with Gasteiger partial charge in [0.2, 0.25) is 0 Å². The summed E-state index contributed by atoms with van der Waals surface area (Å²) in [6, 6.07) is 0. The molecule has 1 aliphatic rings. The van der Waals surface area contributed by atoms with Crippen LogP contribution in [0.1, 0.15) is 95.4 Å². The van der Waals surface area contributed by atoms with Gasteiger partial charge >= 0.3 is 81.1 Å². The third-order valence-corrected chi connectivity index (χ3v) is 6.35. The first kappa shape index (κ1) is 30.8. The Morgan fingerprint density at radius 1 is 0.731 bits per heavy atom. The Labute approximate surface area is 175 Å². The van der Waals surface area contributed by atoms with E-state index in [1.165, 1.54) is 20.6 Å². The number of hydrogen-bond donors (Lipinski definition) is 0. The Morgan fingerprint density at radius 2 is 0.962 bits per heavy atom. The molecule has 0 heterocycles. The van der Waals surface area contributed by atoms with Crippen molar-refractivity contribution >= 4 is 0 Å². The second-order valence-corrected chi connectivity index (χ2v) is 8.31. The van der Waals surface area contributed by atoms with E-state index in [0.717, 1.165) is 19.3 Å². The van der Waals surface area contributed by atoms with Crippen LogP contribution in [-0.2, 0) is 20.4 Å². The van der Waals surface area contributed by atoms with E-state index < -0.39 is 0 Å². The normalized spacial score (nSPS) is 18.6. The van der Waals surface area contributed by atoms with Gasteiger partial charge in [-0.2, -0.15) is 0 Å². The van der Waals surface area contributed by atoms with Gasteiger partial charge in [-0.15, -0.1) is 18.3 Å². The molecule has 0 amide bonds. The van der Waals surface area contributed by atoms with Crippen LogP contribution in [0.25, 0.3) is 0 Å². The molecule has 1 aliphatic carbocycles. The smallest absolute Gasteiger partial charge is 0.0664 e. The van der Waals surface area contributed by atoms with E-state index in [0.29, 0.717) is 5.41 Å². The Kier molecular flexibility index (Phi) is 19.0. The zero-order valence-electron chi connectivity index (χ0n) is 19.1. The van der Waals surface area contributed by atoms with Crippen molar-refractivity contribution in [2.75, 3.05) is 0 Å². The molecule has 0 aliphatic heterocycles. The Morgan fingerprint density at radius 3 is 1.00 bits per heavy atom. The Bertz CT molecular complexity index is 374. The molecule has 152 valence electrons. The van der Waals surface area contributed by atoms with Crippen molar-refractivity contribution in [3.63, 3.8) is 0 Å². The minimum atomic E-state index is -0.366. The number of hydrogen-bond acceptors (Lipinski definition) is 3. The van der Waals surface area contributed by atoms with E-state index in [4.69, 9.17) is 0 Å². The molecule has 26 heavy (non-hydrogen) atoms. The van der Waals surface area contributed by atoms with E-state index in [-0.39, 0.29) is 18.3 Å². The first-order valence-electron chi connectivity index (χ1n) is 9.79. The summed E-state index contributed by atoms with van der Waals surface area (Å²) in [6.45, 7) is 22.0. The van der Waals surface area contributed by atoms with Crippen LogP contribution in [0, 0.1) is 5.41 Å². The quantitative estimate of drug-likeness (QED) is 0.677. The van der Waals surface area contributed by atoms with Crippen LogP contribution in [0.5, 0.6) is 0 Å². The monoisotopic (exact) mass is 402 g/mol. The van der Waals surface area contributed by atoms with E-state index in [1.54, 1.807) is 20.8 Å². The SMILES string of the molecule is CC1=C(C)C(C)(C)[C]([Ti+3])=C1C.CCC(C)[O-].CCC(C)[O-].CCC(C)[O-]. The largest absolute Gasteiger partial charge is 0.852 e. The molecule has 4 heteroatoms. The fourth-order valence-electron chi connectivity index (χ4n) is 1.59. The predicted molar refractivity (Wildman–Crippen MR) is 104 cm³/mol. The summed E-state index contributed by atoms with van der Waals surface area (Å²) in [5.74, 6) is 0. The molecule has 0 aromatic carbocycles. The van der Waals surface area contributed by atoms with Gasteiger partial charge in [-0.1, -0.05) is 60.8 Å². The molecule has 3 atom stereocenters. The van der Waals surface area contributed by atoms with Gasteiger partial charge in [0.25, 0.3) is 0 Å². The average molecular weight is 402 g/mol. The third-order valence-electron chi connectivity index (χ3n) is 4.79. The van der Waals surface area contributed by atoms with Gasteiger partial charge in [-0.3, -0.25) is 0 Å². The summed E-state index contributed by atoms with van der Waals surface area (Å²) >= 11 is 2.25. The van der Waals surface area contributed by atoms with Crippen molar-refractivity contribution in [2.24, 2.45) is 5.41 Å². The van der Waals surface area contributed by atoms with E-state index in [1.807, 2.05) is 20.8 Å². The molecule has 0 bridgehead atoms. The van der Waals surface area contributed by atoms with Gasteiger partial charge in [0.15, 0.2) is 0 Å². The van der Waals surface area contributed by atoms with Crippen LogP contribution in [0.2, 0.25) is 0 Å². The molecule has 0 fully saturated rings. The fraction of sp³-hybridized carbons (Fsp3) is 0.818. The second-order valence-electron chi connectivity index (χ2n) is 7.53. The van der Waals surface area contributed by atoms with Crippen LogP contribution in [-0.4, -0.2) is 18.3 Å². The van der Waals surface area contributed by atoms with Crippen molar-refractivity contribution in [3.8, 4) is 0 Å². The maximum Gasteiger partial charge on any atom is -0.0664 e. The average Bonchev–Trinajstić information content (AvgIpc) is 2.71. The summed E-state index contributed by atoms with van der Waals surface area (Å²) in [5.41, 5.74) is 4.83. The first-order chi connectivity index (χ1) is 11.7. The van der Waals surface area contributed by atoms with Gasteiger partial charge in [0.05, 0.1) is 0 Å². The molecule has 0 N–H and O–H groups in total. The molecule has 0 radical (unpaired) electrons. The topological polar surface area (TPSA) is 69.2 Å². The van der Waals surface area contributed by atoms with Gasteiger partial charge in [0.1, 0.15) is 0 Å². The van der Waals surface area contributed by atoms with Crippen LogP contribution >= 0.6 is 0 Å². The van der Waals surface area contributed by atoms with Crippen molar-refractivity contribution in [1.82, 2.24) is 0 Å². The van der Waals surface area contributed by atoms with Crippen molar-refractivity contribution in [3.05, 3.63) is 20.6 Å². The summed E-state index contributed by atoms with van der Waals surface area (Å²) in [7, 11) is 0.